The third kappa shape index (κ3) is 12.6. The zero-order valence-electron chi connectivity index (χ0n) is 13.4. The van der Waals surface area contributed by atoms with Gasteiger partial charge in [0.25, 0.3) is 0 Å². The van der Waals surface area contributed by atoms with E-state index in [4.69, 9.17) is 0 Å². The highest BCUT2D eigenvalue weighted by atomic mass is 16.8. The van der Waals surface area contributed by atoms with Crippen molar-refractivity contribution in [2.24, 2.45) is 0 Å². The lowest BCUT2D eigenvalue weighted by atomic mass is 10.0. The van der Waals surface area contributed by atoms with Crippen LogP contribution >= 0.6 is 0 Å². The molecular weight excluding hydrogens is 238 g/mol. The highest BCUT2D eigenvalue weighted by molar-refractivity contribution is 4.51. The molecule has 0 saturated heterocycles. The quantitative estimate of drug-likeness (QED) is 0.272. The third-order valence-electron chi connectivity index (χ3n) is 4.06. The average molecular weight is 274 g/mol. The molecule has 0 spiro atoms. The number of unbranched alkanes of at least 4 members (excludes halogenated alkanes) is 10. The number of nitrogens with zero attached hydrogens (tertiary/aromatic N) is 1. The Balaban J connectivity index is 3.15. The Morgan fingerprint density at radius 3 is 1.47 bits per heavy atom. The van der Waals surface area contributed by atoms with E-state index in [0.717, 1.165) is 12.8 Å². The SMILES string of the molecule is CCCCCCCCCCCCCC(C)[N+](C)(O)O. The third-order valence-corrected chi connectivity index (χ3v) is 4.06. The van der Waals surface area contributed by atoms with Gasteiger partial charge in [-0.25, -0.2) is 0 Å². The number of hydrogen-bond acceptors (Lipinski definition) is 2. The molecule has 0 radical (unpaired) electrons. The lowest BCUT2D eigenvalue weighted by Crippen LogP contribution is -2.44. The molecule has 2 N–H and O–H groups in total. The van der Waals surface area contributed by atoms with Crippen molar-refractivity contribution in [1.82, 2.24) is 0 Å². The van der Waals surface area contributed by atoms with Gasteiger partial charge in [-0.2, -0.15) is 10.4 Å². The predicted molar refractivity (Wildman–Crippen MR) is 80.3 cm³/mol. The van der Waals surface area contributed by atoms with Crippen LogP contribution in [0.3, 0.4) is 0 Å². The van der Waals surface area contributed by atoms with Crippen LogP contribution < -0.4 is 0 Å². The predicted octanol–water partition coefficient (Wildman–Crippen LogP) is 5.30. The summed E-state index contributed by atoms with van der Waals surface area (Å²) in [4.78, 5) is -0.891. The molecule has 0 saturated carbocycles. The van der Waals surface area contributed by atoms with Crippen LogP contribution in [-0.2, 0) is 0 Å². The molecule has 1 atom stereocenters. The van der Waals surface area contributed by atoms with Crippen LogP contribution in [0.4, 0.5) is 0 Å². The van der Waals surface area contributed by atoms with Crippen molar-refractivity contribution in [2.75, 3.05) is 7.05 Å². The molecule has 0 rings (SSSR count). The van der Waals surface area contributed by atoms with Crippen LogP contribution in [0.1, 0.15) is 90.9 Å². The van der Waals surface area contributed by atoms with Crippen molar-refractivity contribution in [2.45, 2.75) is 96.9 Å². The topological polar surface area (TPSA) is 40.5 Å². The Morgan fingerprint density at radius 1 is 0.737 bits per heavy atom. The summed E-state index contributed by atoms with van der Waals surface area (Å²) in [6, 6.07) is -0.0847. The van der Waals surface area contributed by atoms with Crippen LogP contribution in [-0.4, -0.2) is 28.3 Å². The summed E-state index contributed by atoms with van der Waals surface area (Å²) >= 11 is 0. The summed E-state index contributed by atoms with van der Waals surface area (Å²) < 4.78 is 0. The van der Waals surface area contributed by atoms with Crippen LogP contribution in [0.25, 0.3) is 0 Å². The van der Waals surface area contributed by atoms with Crippen molar-refractivity contribution in [3.63, 3.8) is 0 Å². The largest absolute Gasteiger partial charge is 0.182 e. The number of hydrogen-bond donors (Lipinski definition) is 2. The molecular formula is C16H36NO2+. The van der Waals surface area contributed by atoms with E-state index >= 15 is 0 Å². The standard InChI is InChI=1S/C16H36NO2/c1-4-5-6-7-8-9-10-11-12-13-14-15-16(2)17(3,18)19/h16,18-19H,4-15H2,1-3H3/q+1. The first kappa shape index (κ1) is 18.9. The lowest BCUT2D eigenvalue weighted by molar-refractivity contribution is -1.25. The molecule has 19 heavy (non-hydrogen) atoms. The first-order chi connectivity index (χ1) is 8.98. The Bertz CT molecular complexity index is 190. The summed E-state index contributed by atoms with van der Waals surface area (Å²) in [7, 11) is 1.42. The van der Waals surface area contributed by atoms with Gasteiger partial charge in [0.05, 0.1) is 0 Å². The van der Waals surface area contributed by atoms with Crippen LogP contribution in [0.5, 0.6) is 0 Å². The molecule has 3 nitrogen and oxygen atoms in total. The monoisotopic (exact) mass is 274 g/mol. The second kappa shape index (κ2) is 11.7. The molecule has 0 bridgehead atoms. The molecule has 0 amide bonds. The lowest BCUT2D eigenvalue weighted by Gasteiger charge is -2.23. The van der Waals surface area contributed by atoms with Gasteiger partial charge in [0.2, 0.25) is 0 Å². The van der Waals surface area contributed by atoms with Gasteiger partial charge in [0.15, 0.2) is 0 Å². The zero-order valence-corrected chi connectivity index (χ0v) is 13.4. The molecule has 0 aliphatic carbocycles. The summed E-state index contributed by atoms with van der Waals surface area (Å²) in [5, 5.41) is 18.7. The zero-order chi connectivity index (χ0) is 14.6. The Labute approximate surface area is 120 Å². The molecule has 0 aromatic carbocycles. The van der Waals surface area contributed by atoms with Gasteiger partial charge >= 0.3 is 0 Å². The molecule has 0 aromatic rings. The maximum Gasteiger partial charge on any atom is 0.149 e. The van der Waals surface area contributed by atoms with Gasteiger partial charge in [-0.15, -0.1) is 0 Å². The fourth-order valence-corrected chi connectivity index (χ4v) is 2.35. The van der Waals surface area contributed by atoms with E-state index in [9.17, 15) is 10.4 Å². The van der Waals surface area contributed by atoms with E-state index < -0.39 is 4.81 Å². The smallest absolute Gasteiger partial charge is 0.149 e. The fraction of sp³-hybridized carbons (Fsp3) is 1.00. The first-order valence-corrected chi connectivity index (χ1v) is 8.30. The molecule has 0 aliphatic rings. The minimum atomic E-state index is -0.891. The van der Waals surface area contributed by atoms with Gasteiger partial charge in [-0.1, -0.05) is 71.1 Å². The fourth-order valence-electron chi connectivity index (χ4n) is 2.35. The van der Waals surface area contributed by atoms with Crippen LogP contribution in [0.15, 0.2) is 0 Å². The maximum atomic E-state index is 9.34. The summed E-state index contributed by atoms with van der Waals surface area (Å²) in [5.41, 5.74) is 0. The molecule has 0 fully saturated rings. The number of rotatable bonds is 13. The van der Waals surface area contributed by atoms with E-state index in [1.165, 1.54) is 71.3 Å². The van der Waals surface area contributed by atoms with Crippen LogP contribution in [0, 0.1) is 0 Å². The van der Waals surface area contributed by atoms with Gasteiger partial charge in [-0.05, 0) is 18.2 Å². The normalized spacial score (nSPS) is 13.7. The minimum Gasteiger partial charge on any atom is -0.182 e. The maximum absolute atomic E-state index is 9.34. The highest BCUT2D eigenvalue weighted by Gasteiger charge is 2.24. The van der Waals surface area contributed by atoms with Crippen LogP contribution in [0.2, 0.25) is 0 Å². The van der Waals surface area contributed by atoms with E-state index in [-0.39, 0.29) is 6.04 Å². The summed E-state index contributed by atoms with van der Waals surface area (Å²) in [5.74, 6) is 0. The van der Waals surface area contributed by atoms with Crippen molar-refractivity contribution in [3.8, 4) is 0 Å². The Morgan fingerprint density at radius 2 is 1.11 bits per heavy atom. The molecule has 1 unspecified atom stereocenters. The van der Waals surface area contributed by atoms with Crippen molar-refractivity contribution in [3.05, 3.63) is 0 Å². The van der Waals surface area contributed by atoms with Crippen molar-refractivity contribution in [1.29, 1.82) is 0 Å². The highest BCUT2D eigenvalue weighted by Crippen LogP contribution is 2.14. The van der Waals surface area contributed by atoms with Gasteiger partial charge in [0.1, 0.15) is 13.1 Å². The number of hydroxylamine groups is 4. The summed E-state index contributed by atoms with van der Waals surface area (Å²) in [6.45, 7) is 4.15. The summed E-state index contributed by atoms with van der Waals surface area (Å²) in [6.07, 6.45) is 15.6. The molecule has 0 aliphatic heterocycles. The van der Waals surface area contributed by atoms with Gasteiger partial charge < -0.3 is 0 Å². The average Bonchev–Trinajstić information content (AvgIpc) is 2.34. The Kier molecular flexibility index (Phi) is 11.6. The van der Waals surface area contributed by atoms with Crippen molar-refractivity contribution >= 4 is 0 Å². The first-order valence-electron chi connectivity index (χ1n) is 8.30. The van der Waals surface area contributed by atoms with Crippen molar-refractivity contribution < 1.29 is 15.2 Å². The van der Waals surface area contributed by atoms with E-state index in [1.807, 2.05) is 6.92 Å². The molecule has 0 heterocycles. The second-order valence-electron chi connectivity index (χ2n) is 6.15. The van der Waals surface area contributed by atoms with Gasteiger partial charge in [-0.3, -0.25) is 0 Å². The Hall–Kier alpha value is -0.120. The number of quaternary nitrogens is 1. The minimum absolute atomic E-state index is 0.0847. The second-order valence-corrected chi connectivity index (χ2v) is 6.15. The molecule has 0 aromatic heterocycles. The van der Waals surface area contributed by atoms with E-state index in [1.54, 1.807) is 0 Å². The molecule has 3 heteroatoms. The van der Waals surface area contributed by atoms with E-state index in [2.05, 4.69) is 6.92 Å². The van der Waals surface area contributed by atoms with Gasteiger partial charge in [0, 0.05) is 6.42 Å². The van der Waals surface area contributed by atoms with E-state index in [0.29, 0.717) is 0 Å². The molecule has 116 valence electrons.